The lowest BCUT2D eigenvalue weighted by Gasteiger charge is -2.18. The molecule has 0 aliphatic heterocycles. The maximum absolute atomic E-state index is 8.90. The first kappa shape index (κ1) is 38.5. The van der Waals surface area contributed by atoms with Crippen LogP contribution in [0.5, 0.6) is 0 Å². The van der Waals surface area contributed by atoms with E-state index < -0.39 is 6.04 Å². The lowest BCUT2D eigenvalue weighted by atomic mass is 9.86. The minimum Gasteiger partial charge on any atom is -0.456 e. The Morgan fingerprint density at radius 2 is 0.662 bits per heavy atom. The summed E-state index contributed by atoms with van der Waals surface area (Å²) < 4.78 is 49.1. The van der Waals surface area contributed by atoms with Crippen LogP contribution in [0.3, 0.4) is 0 Å². The molecule has 0 aliphatic carbocycles. The van der Waals surface area contributed by atoms with Gasteiger partial charge in [0.25, 0.3) is 0 Å². The molecule has 17 rings (SSSR count). The molecule has 16 aromatic carbocycles. The second-order valence-electron chi connectivity index (χ2n) is 20.3. The number of hydrogen-bond donors (Lipinski definition) is 0. The van der Waals surface area contributed by atoms with Crippen molar-refractivity contribution in [3.63, 3.8) is 0 Å². The first-order valence-electron chi connectivity index (χ1n) is 28.7. The molecule has 1 nitrogen and oxygen atoms in total. The minimum absolute atomic E-state index is 0.199. The first-order chi connectivity index (χ1) is 40.3. The number of fused-ring (bicyclic) bond motifs is 5. The van der Waals surface area contributed by atoms with E-state index in [1.807, 2.05) is 24.3 Å². The van der Waals surface area contributed by atoms with E-state index in [-0.39, 0.29) is 29.7 Å². The highest BCUT2D eigenvalue weighted by molar-refractivity contribution is 6.28. The van der Waals surface area contributed by atoms with Gasteiger partial charge in [-0.3, -0.25) is 0 Å². The third-order valence-corrected chi connectivity index (χ3v) is 16.1. The number of benzene rings is 16. The Hall–Kier alpha value is -10.1. The van der Waals surface area contributed by atoms with Gasteiger partial charge in [0.2, 0.25) is 0 Å². The van der Waals surface area contributed by atoms with E-state index in [0.717, 1.165) is 65.7 Å². The average molecular weight is 980 g/mol. The van der Waals surface area contributed by atoms with E-state index in [9.17, 15) is 0 Å². The third kappa shape index (κ3) is 6.88. The standard InChI is InChI=1S/C44H26.C32H20O/c1-2-6-27(7-3-1)34-24-35(37-20-16-32-14-12-28-8-4-10-30-18-22-39(37)43(32)41(28)30)26-36(25-34)38-21-17-33-15-13-29-9-5-11-31-19-23-40(38)44(33)42(29)31;1-2-10-21(11-3-1)31-24-13-4-6-15-26(24)32(27-16-7-5-14-25(27)31)22-18-19-30-28(20-22)23-12-8-9-17-29(23)33-30/h1-26H;1-20H/i1D,2D,3D,6D,7D;. The molecular weight excluding hydrogens is 929 g/mol. The van der Waals surface area contributed by atoms with Crippen molar-refractivity contribution in [2.75, 3.05) is 0 Å². The maximum atomic E-state index is 8.90. The van der Waals surface area contributed by atoms with Crippen LogP contribution in [0.25, 0.3) is 164 Å². The molecule has 1 aromatic heterocycles. The fraction of sp³-hybridized carbons (Fsp3) is 0. The van der Waals surface area contributed by atoms with Gasteiger partial charge in [-0.05, 0) is 178 Å². The highest BCUT2D eigenvalue weighted by atomic mass is 16.3. The van der Waals surface area contributed by atoms with Crippen LogP contribution in [0, 0.1) is 0 Å². The van der Waals surface area contributed by atoms with Gasteiger partial charge in [-0.25, -0.2) is 0 Å². The van der Waals surface area contributed by atoms with Crippen LogP contribution in [0.4, 0.5) is 0 Å². The van der Waals surface area contributed by atoms with Crippen molar-refractivity contribution in [1.82, 2.24) is 0 Å². The quantitative estimate of drug-likeness (QED) is 0.124. The van der Waals surface area contributed by atoms with E-state index in [0.29, 0.717) is 5.56 Å². The van der Waals surface area contributed by atoms with E-state index in [1.54, 1.807) is 0 Å². The molecule has 356 valence electrons. The zero-order valence-corrected chi connectivity index (χ0v) is 41.6. The Morgan fingerprint density at radius 1 is 0.234 bits per heavy atom. The van der Waals surface area contributed by atoms with Crippen LogP contribution >= 0.6 is 0 Å². The second-order valence-corrected chi connectivity index (χ2v) is 20.3. The van der Waals surface area contributed by atoms with Crippen molar-refractivity contribution in [3.8, 4) is 55.6 Å². The SMILES string of the molecule is [2H]c1c([2H])c([2H])c(-c2cc(-c3ccc4ccc5cccc6ccc3c4c56)cc(-c3ccc4ccc5cccc6ccc3c4c56)c2)c([2H])c1[2H].c1ccc(-c2c3ccccc3c(-c3ccc4oc5ccccc5c4c3)c3ccccc23)cc1. The van der Waals surface area contributed by atoms with Gasteiger partial charge < -0.3 is 4.42 Å². The fourth-order valence-corrected chi connectivity index (χ4v) is 12.7. The summed E-state index contributed by atoms with van der Waals surface area (Å²) >= 11 is 0. The molecule has 0 spiro atoms. The Morgan fingerprint density at radius 3 is 1.21 bits per heavy atom. The lowest BCUT2D eigenvalue weighted by Crippen LogP contribution is -1.91. The number of furan rings is 1. The zero-order chi connectivity index (χ0) is 54.9. The predicted octanol–water partition coefficient (Wildman–Crippen LogP) is 21.7. The minimum atomic E-state index is -0.395. The van der Waals surface area contributed by atoms with Crippen molar-refractivity contribution < 1.29 is 11.3 Å². The first-order valence-corrected chi connectivity index (χ1v) is 26.2. The van der Waals surface area contributed by atoms with E-state index in [1.165, 1.54) is 86.9 Å². The van der Waals surface area contributed by atoms with Crippen molar-refractivity contribution in [1.29, 1.82) is 0 Å². The molecule has 0 fully saturated rings. The number of rotatable bonds is 5. The lowest BCUT2D eigenvalue weighted by molar-refractivity contribution is 0.669. The summed E-state index contributed by atoms with van der Waals surface area (Å²) in [4.78, 5) is 0. The molecule has 1 heterocycles. The summed E-state index contributed by atoms with van der Waals surface area (Å²) in [6.45, 7) is 0. The third-order valence-electron chi connectivity index (χ3n) is 16.1. The Kier molecular flexibility index (Phi) is 8.62. The van der Waals surface area contributed by atoms with Gasteiger partial charge in [0, 0.05) is 10.8 Å². The van der Waals surface area contributed by atoms with E-state index in [4.69, 9.17) is 11.3 Å². The fourth-order valence-electron chi connectivity index (χ4n) is 12.7. The van der Waals surface area contributed by atoms with Crippen LogP contribution in [0.1, 0.15) is 6.85 Å². The summed E-state index contributed by atoms with van der Waals surface area (Å²) in [6.07, 6.45) is 0. The van der Waals surface area contributed by atoms with Crippen LogP contribution in [0.15, 0.2) is 283 Å². The van der Waals surface area contributed by atoms with Crippen molar-refractivity contribution >= 4 is 108 Å². The molecule has 0 saturated carbocycles. The van der Waals surface area contributed by atoms with Gasteiger partial charge in [-0.1, -0.05) is 243 Å². The van der Waals surface area contributed by atoms with Gasteiger partial charge >= 0.3 is 0 Å². The van der Waals surface area contributed by atoms with Gasteiger partial charge in [0.05, 0.1) is 6.85 Å². The molecule has 0 saturated heterocycles. The molecule has 1 heteroatoms. The normalized spacial score (nSPS) is 12.8. The second kappa shape index (κ2) is 17.2. The van der Waals surface area contributed by atoms with Crippen LogP contribution in [-0.2, 0) is 0 Å². The van der Waals surface area contributed by atoms with Crippen molar-refractivity contribution in [2.45, 2.75) is 0 Å². The molecule has 0 unspecified atom stereocenters. The molecule has 0 radical (unpaired) electrons. The summed E-state index contributed by atoms with van der Waals surface area (Å²) in [5.74, 6) is 0. The molecule has 17 aromatic rings. The Balaban J connectivity index is 0.000000146. The molecule has 77 heavy (non-hydrogen) atoms. The van der Waals surface area contributed by atoms with Gasteiger partial charge in [0.1, 0.15) is 11.2 Å². The highest BCUT2D eigenvalue weighted by Crippen LogP contribution is 2.47. The number of para-hydroxylation sites is 1. The summed E-state index contributed by atoms with van der Waals surface area (Å²) in [5.41, 5.74) is 11.5. The topological polar surface area (TPSA) is 13.1 Å². The maximum Gasteiger partial charge on any atom is 0.135 e. The Labute approximate surface area is 451 Å². The molecule has 0 aliphatic rings. The molecule has 0 atom stereocenters. The van der Waals surface area contributed by atoms with Crippen LogP contribution in [-0.4, -0.2) is 0 Å². The van der Waals surface area contributed by atoms with Crippen LogP contribution < -0.4 is 0 Å². The van der Waals surface area contributed by atoms with Gasteiger partial charge in [-0.15, -0.1) is 0 Å². The summed E-state index contributed by atoms with van der Waals surface area (Å²) in [5, 5.41) is 21.6. The summed E-state index contributed by atoms with van der Waals surface area (Å²) in [6, 6.07) is 86.7. The smallest absolute Gasteiger partial charge is 0.135 e. The van der Waals surface area contributed by atoms with Gasteiger partial charge in [0.15, 0.2) is 0 Å². The Bertz CT molecular complexity index is 5180. The summed E-state index contributed by atoms with van der Waals surface area (Å²) in [7, 11) is 0. The molecule has 0 N–H and O–H groups in total. The predicted molar refractivity (Wildman–Crippen MR) is 330 cm³/mol. The molecular formula is C76H46O. The van der Waals surface area contributed by atoms with Gasteiger partial charge in [-0.2, -0.15) is 0 Å². The zero-order valence-electron chi connectivity index (χ0n) is 46.6. The monoisotopic (exact) mass is 979 g/mol. The molecule has 0 amide bonds. The van der Waals surface area contributed by atoms with Crippen molar-refractivity contribution in [3.05, 3.63) is 279 Å². The average Bonchev–Trinajstić information content (AvgIpc) is 3.37. The number of hydrogen-bond acceptors (Lipinski definition) is 1. The van der Waals surface area contributed by atoms with Crippen LogP contribution in [0.2, 0.25) is 0 Å². The van der Waals surface area contributed by atoms with E-state index in [2.05, 4.69) is 224 Å². The molecule has 0 bridgehead atoms. The highest BCUT2D eigenvalue weighted by Gasteiger charge is 2.20. The van der Waals surface area contributed by atoms with E-state index >= 15 is 0 Å². The van der Waals surface area contributed by atoms with Crippen molar-refractivity contribution in [2.24, 2.45) is 0 Å². The largest absolute Gasteiger partial charge is 0.456 e.